The molecule has 0 spiro atoms. The Morgan fingerprint density at radius 3 is 2.50 bits per heavy atom. The Morgan fingerprint density at radius 2 is 1.95 bits per heavy atom. The maximum Gasteiger partial charge on any atom is 0.282 e. The normalized spacial score (nSPS) is 16.0. The van der Waals surface area contributed by atoms with Gasteiger partial charge in [-0.05, 0) is 19.2 Å². The topological polar surface area (TPSA) is 78.7 Å². The first kappa shape index (κ1) is 14.3. The number of benzene rings is 1. The average Bonchev–Trinajstić information content (AvgIpc) is 2.46. The van der Waals surface area contributed by atoms with Crippen LogP contribution in [0.5, 0.6) is 0 Å². The Kier molecular flexibility index (Phi) is 4.19. The lowest BCUT2D eigenvalue weighted by Gasteiger charge is -2.34. The molecule has 1 N–H and O–H groups in total. The van der Waals surface area contributed by atoms with Crippen molar-refractivity contribution >= 4 is 17.3 Å². The number of hydrogen-bond donors (Lipinski definition) is 1. The van der Waals surface area contributed by atoms with Crippen molar-refractivity contribution in [3.05, 3.63) is 33.9 Å². The number of piperazine rings is 1. The first-order valence-corrected chi connectivity index (χ1v) is 6.47. The first-order chi connectivity index (χ1) is 9.52. The second kappa shape index (κ2) is 5.87. The monoisotopic (exact) mass is 278 g/mol. The Bertz CT molecular complexity index is 524. The molecule has 20 heavy (non-hydrogen) atoms. The van der Waals surface area contributed by atoms with Gasteiger partial charge in [0.1, 0.15) is 5.56 Å². The quantitative estimate of drug-likeness (QED) is 0.650. The highest BCUT2D eigenvalue weighted by molar-refractivity contribution is 5.99. The van der Waals surface area contributed by atoms with Crippen LogP contribution in [0.2, 0.25) is 0 Å². The molecule has 0 bridgehead atoms. The fourth-order valence-electron chi connectivity index (χ4n) is 2.26. The summed E-state index contributed by atoms with van der Waals surface area (Å²) in [5.41, 5.74) is 0.790. The Hall–Kier alpha value is -2.15. The molecule has 1 amide bonds. The van der Waals surface area contributed by atoms with Gasteiger partial charge < -0.3 is 15.1 Å². The number of hydrogen-bond acceptors (Lipinski definition) is 5. The van der Waals surface area contributed by atoms with Crippen molar-refractivity contribution in [1.29, 1.82) is 0 Å². The molecule has 1 saturated heterocycles. The van der Waals surface area contributed by atoms with Crippen molar-refractivity contribution in [2.24, 2.45) is 0 Å². The molecule has 7 heteroatoms. The zero-order valence-electron chi connectivity index (χ0n) is 11.6. The minimum absolute atomic E-state index is 0.105. The van der Waals surface area contributed by atoms with E-state index < -0.39 is 10.8 Å². The van der Waals surface area contributed by atoms with Gasteiger partial charge in [0.25, 0.3) is 11.6 Å². The van der Waals surface area contributed by atoms with Gasteiger partial charge in [-0.3, -0.25) is 14.9 Å². The van der Waals surface area contributed by atoms with Crippen molar-refractivity contribution in [2.45, 2.75) is 0 Å². The Morgan fingerprint density at radius 1 is 1.30 bits per heavy atom. The van der Waals surface area contributed by atoms with Gasteiger partial charge in [0.05, 0.1) is 4.92 Å². The zero-order valence-corrected chi connectivity index (χ0v) is 11.6. The standard InChI is InChI=1S/C13H18N4O3/c1-14-13(18)11-9-10(3-4-12(11)17(19)20)16-7-5-15(2)6-8-16/h3-4,9H,5-8H2,1-2H3,(H,14,18). The first-order valence-electron chi connectivity index (χ1n) is 6.47. The number of anilines is 1. The van der Waals surface area contributed by atoms with Crippen molar-refractivity contribution in [3.8, 4) is 0 Å². The molecule has 1 heterocycles. The number of likely N-dealkylation sites (N-methyl/N-ethyl adjacent to an activating group) is 1. The molecule has 2 rings (SSSR count). The molecule has 7 nitrogen and oxygen atoms in total. The van der Waals surface area contributed by atoms with Gasteiger partial charge >= 0.3 is 0 Å². The summed E-state index contributed by atoms with van der Waals surface area (Å²) in [4.78, 5) is 26.6. The fourth-order valence-corrected chi connectivity index (χ4v) is 2.26. The smallest absolute Gasteiger partial charge is 0.282 e. The lowest BCUT2D eigenvalue weighted by Crippen LogP contribution is -2.44. The zero-order chi connectivity index (χ0) is 14.7. The van der Waals surface area contributed by atoms with E-state index in [9.17, 15) is 14.9 Å². The second-order valence-corrected chi connectivity index (χ2v) is 4.83. The SMILES string of the molecule is CNC(=O)c1cc(N2CCN(C)CC2)ccc1[N+](=O)[O-]. The highest BCUT2D eigenvalue weighted by Crippen LogP contribution is 2.25. The summed E-state index contributed by atoms with van der Waals surface area (Å²) < 4.78 is 0. The number of carbonyl (C=O) groups is 1. The van der Waals surface area contributed by atoms with Gasteiger partial charge in [-0.2, -0.15) is 0 Å². The molecule has 1 aliphatic rings. The minimum atomic E-state index is -0.529. The van der Waals surface area contributed by atoms with Crippen LogP contribution < -0.4 is 10.2 Å². The lowest BCUT2D eigenvalue weighted by molar-refractivity contribution is -0.385. The van der Waals surface area contributed by atoms with Gasteiger partial charge in [0.2, 0.25) is 0 Å². The second-order valence-electron chi connectivity index (χ2n) is 4.83. The highest BCUT2D eigenvalue weighted by atomic mass is 16.6. The van der Waals surface area contributed by atoms with E-state index in [1.807, 2.05) is 0 Å². The average molecular weight is 278 g/mol. The Balaban J connectivity index is 2.32. The van der Waals surface area contributed by atoms with Gasteiger partial charge in [-0.25, -0.2) is 0 Å². The van der Waals surface area contributed by atoms with Crippen LogP contribution in [0.25, 0.3) is 0 Å². The van der Waals surface area contributed by atoms with E-state index in [1.54, 1.807) is 12.1 Å². The predicted molar refractivity (Wildman–Crippen MR) is 76.2 cm³/mol. The van der Waals surface area contributed by atoms with Gasteiger partial charge in [0, 0.05) is 45.0 Å². The molecule has 1 aliphatic heterocycles. The van der Waals surface area contributed by atoms with Crippen molar-refractivity contribution in [3.63, 3.8) is 0 Å². The predicted octanol–water partition coefficient (Wildman–Crippen LogP) is 0.706. The number of amides is 1. The summed E-state index contributed by atoms with van der Waals surface area (Å²) in [6.07, 6.45) is 0. The number of rotatable bonds is 3. The number of carbonyl (C=O) groups excluding carboxylic acids is 1. The molecule has 0 unspecified atom stereocenters. The molecule has 1 fully saturated rings. The molecule has 1 aromatic rings. The van der Waals surface area contributed by atoms with E-state index in [2.05, 4.69) is 22.2 Å². The minimum Gasteiger partial charge on any atom is -0.369 e. The van der Waals surface area contributed by atoms with Crippen LogP contribution in [-0.4, -0.2) is 56.0 Å². The summed E-state index contributed by atoms with van der Waals surface area (Å²) in [7, 11) is 3.53. The summed E-state index contributed by atoms with van der Waals surface area (Å²) in [5, 5.41) is 13.4. The van der Waals surface area contributed by atoms with Crippen LogP contribution in [0.15, 0.2) is 18.2 Å². The van der Waals surface area contributed by atoms with Crippen molar-refractivity contribution in [2.75, 3.05) is 45.2 Å². The van der Waals surface area contributed by atoms with Crippen LogP contribution in [-0.2, 0) is 0 Å². The van der Waals surface area contributed by atoms with E-state index in [0.717, 1.165) is 31.9 Å². The summed E-state index contributed by atoms with van der Waals surface area (Å²) in [6, 6.07) is 4.70. The third kappa shape index (κ3) is 2.88. The van der Waals surface area contributed by atoms with E-state index in [4.69, 9.17) is 0 Å². The van der Waals surface area contributed by atoms with Crippen LogP contribution in [0, 0.1) is 10.1 Å². The third-order valence-electron chi connectivity index (χ3n) is 3.52. The molecule has 1 aromatic carbocycles. The van der Waals surface area contributed by atoms with Crippen LogP contribution in [0.1, 0.15) is 10.4 Å². The maximum atomic E-state index is 11.8. The van der Waals surface area contributed by atoms with Crippen molar-refractivity contribution in [1.82, 2.24) is 10.2 Å². The van der Waals surface area contributed by atoms with Crippen LogP contribution in [0.3, 0.4) is 0 Å². The molecule has 0 radical (unpaired) electrons. The molecule has 0 saturated carbocycles. The molecule has 0 atom stereocenters. The van der Waals surface area contributed by atoms with Gasteiger partial charge in [-0.15, -0.1) is 0 Å². The number of nitro groups is 1. The lowest BCUT2D eigenvalue weighted by atomic mass is 10.1. The third-order valence-corrected chi connectivity index (χ3v) is 3.52. The van der Waals surface area contributed by atoms with E-state index in [-0.39, 0.29) is 11.3 Å². The molecule has 108 valence electrons. The van der Waals surface area contributed by atoms with Gasteiger partial charge in [0.15, 0.2) is 0 Å². The molecule has 0 aliphatic carbocycles. The summed E-state index contributed by atoms with van der Waals surface area (Å²) >= 11 is 0. The molecular weight excluding hydrogens is 260 g/mol. The Labute approximate surface area is 117 Å². The van der Waals surface area contributed by atoms with Crippen LogP contribution in [0.4, 0.5) is 11.4 Å². The fraction of sp³-hybridized carbons (Fsp3) is 0.462. The number of nitro benzene ring substituents is 1. The van der Waals surface area contributed by atoms with Crippen molar-refractivity contribution < 1.29 is 9.72 Å². The molecule has 0 aromatic heterocycles. The van der Waals surface area contributed by atoms with Gasteiger partial charge in [-0.1, -0.05) is 0 Å². The number of nitrogens with zero attached hydrogens (tertiary/aromatic N) is 3. The van der Waals surface area contributed by atoms with E-state index in [1.165, 1.54) is 13.1 Å². The largest absolute Gasteiger partial charge is 0.369 e. The highest BCUT2D eigenvalue weighted by Gasteiger charge is 2.22. The molecular formula is C13H18N4O3. The maximum absolute atomic E-state index is 11.8. The number of nitrogens with one attached hydrogen (secondary N) is 1. The summed E-state index contributed by atoms with van der Waals surface area (Å²) in [5.74, 6) is -0.437. The van der Waals surface area contributed by atoms with E-state index in [0.29, 0.717) is 0 Å². The summed E-state index contributed by atoms with van der Waals surface area (Å²) in [6.45, 7) is 3.57. The van der Waals surface area contributed by atoms with Crippen LogP contribution >= 0.6 is 0 Å². The van der Waals surface area contributed by atoms with E-state index >= 15 is 0 Å².